The predicted octanol–water partition coefficient (Wildman–Crippen LogP) is 2.60. The predicted molar refractivity (Wildman–Crippen MR) is 71.1 cm³/mol. The van der Waals surface area contributed by atoms with Crippen molar-refractivity contribution in [3.63, 3.8) is 0 Å². The lowest BCUT2D eigenvalue weighted by atomic mass is 9.91. The van der Waals surface area contributed by atoms with Crippen molar-refractivity contribution in [2.75, 3.05) is 6.61 Å². The average molecular weight is 233 g/mol. The lowest BCUT2D eigenvalue weighted by Gasteiger charge is -2.18. The van der Waals surface area contributed by atoms with Gasteiger partial charge in [0, 0.05) is 12.0 Å². The maximum absolute atomic E-state index is 6.29. The van der Waals surface area contributed by atoms with Crippen molar-refractivity contribution in [1.82, 2.24) is 0 Å². The number of aryl methyl sites for hydroxylation is 2. The van der Waals surface area contributed by atoms with E-state index in [1.54, 1.807) is 0 Å². The first kappa shape index (κ1) is 12.6. The molecule has 0 aliphatic carbocycles. The summed E-state index contributed by atoms with van der Waals surface area (Å²) in [6, 6.07) is 6.91. The Morgan fingerprint density at radius 1 is 1.29 bits per heavy atom. The second-order valence-corrected chi connectivity index (χ2v) is 5.50. The van der Waals surface area contributed by atoms with Gasteiger partial charge in [0.25, 0.3) is 0 Å². The summed E-state index contributed by atoms with van der Waals surface area (Å²) in [6.45, 7) is 7.24. The summed E-state index contributed by atoms with van der Waals surface area (Å²) in [5.74, 6) is 0.519. The molecule has 2 nitrogen and oxygen atoms in total. The Morgan fingerprint density at radius 2 is 1.94 bits per heavy atom. The fourth-order valence-corrected chi connectivity index (χ4v) is 2.77. The normalized spacial score (nSPS) is 26.1. The van der Waals surface area contributed by atoms with Gasteiger partial charge in [-0.1, -0.05) is 29.3 Å². The van der Waals surface area contributed by atoms with Crippen LogP contribution in [0, 0.1) is 19.8 Å². The van der Waals surface area contributed by atoms with E-state index < -0.39 is 0 Å². The van der Waals surface area contributed by atoms with Crippen molar-refractivity contribution >= 4 is 0 Å². The molecular weight excluding hydrogens is 210 g/mol. The highest BCUT2D eigenvalue weighted by Crippen LogP contribution is 2.23. The molecule has 1 fully saturated rings. The van der Waals surface area contributed by atoms with E-state index in [2.05, 4.69) is 39.0 Å². The maximum atomic E-state index is 6.29. The van der Waals surface area contributed by atoms with E-state index in [4.69, 9.17) is 10.5 Å². The van der Waals surface area contributed by atoms with E-state index in [0.717, 1.165) is 19.4 Å². The van der Waals surface area contributed by atoms with Crippen LogP contribution in [-0.2, 0) is 11.2 Å². The Balaban J connectivity index is 2.00. The molecule has 1 saturated heterocycles. The molecule has 0 aromatic heterocycles. The van der Waals surface area contributed by atoms with Gasteiger partial charge in [0.1, 0.15) is 0 Å². The molecule has 94 valence electrons. The van der Waals surface area contributed by atoms with Gasteiger partial charge >= 0.3 is 0 Å². The zero-order valence-corrected chi connectivity index (χ0v) is 11.1. The molecule has 1 aromatic carbocycles. The molecule has 2 N–H and O–H groups in total. The van der Waals surface area contributed by atoms with Crippen molar-refractivity contribution in [3.05, 3.63) is 34.9 Å². The van der Waals surface area contributed by atoms with Gasteiger partial charge in [-0.05, 0) is 39.2 Å². The van der Waals surface area contributed by atoms with Crippen LogP contribution in [0.15, 0.2) is 18.2 Å². The van der Waals surface area contributed by atoms with Crippen LogP contribution in [0.2, 0.25) is 0 Å². The Morgan fingerprint density at radius 3 is 2.47 bits per heavy atom. The van der Waals surface area contributed by atoms with Crippen molar-refractivity contribution in [2.45, 2.75) is 45.8 Å². The van der Waals surface area contributed by atoms with Crippen LogP contribution in [0.1, 0.15) is 30.0 Å². The third-order valence-electron chi connectivity index (χ3n) is 3.59. The van der Waals surface area contributed by atoms with Crippen molar-refractivity contribution in [1.29, 1.82) is 0 Å². The van der Waals surface area contributed by atoms with Crippen LogP contribution in [0.4, 0.5) is 0 Å². The number of benzene rings is 1. The van der Waals surface area contributed by atoms with Crippen LogP contribution < -0.4 is 5.73 Å². The summed E-state index contributed by atoms with van der Waals surface area (Å²) in [5, 5.41) is 0. The molecule has 1 aliphatic heterocycles. The van der Waals surface area contributed by atoms with Crippen LogP contribution in [0.5, 0.6) is 0 Å². The molecule has 0 spiro atoms. The highest BCUT2D eigenvalue weighted by Gasteiger charge is 2.27. The molecule has 0 amide bonds. The minimum atomic E-state index is 0.223. The highest BCUT2D eigenvalue weighted by molar-refractivity contribution is 5.29. The summed E-state index contributed by atoms with van der Waals surface area (Å²) in [6.07, 6.45) is 2.44. The maximum Gasteiger partial charge on any atom is 0.0551 e. The average Bonchev–Trinajstić information content (AvgIpc) is 2.63. The van der Waals surface area contributed by atoms with Crippen LogP contribution >= 0.6 is 0 Å². The number of hydrogen-bond donors (Lipinski definition) is 1. The van der Waals surface area contributed by atoms with Gasteiger partial charge in [0.2, 0.25) is 0 Å². The molecule has 2 heteroatoms. The summed E-state index contributed by atoms with van der Waals surface area (Å²) >= 11 is 0. The van der Waals surface area contributed by atoms with Crippen molar-refractivity contribution in [3.8, 4) is 0 Å². The molecule has 3 unspecified atom stereocenters. The molecule has 0 bridgehead atoms. The third-order valence-corrected chi connectivity index (χ3v) is 3.59. The van der Waals surface area contributed by atoms with Crippen molar-refractivity contribution < 1.29 is 4.74 Å². The highest BCUT2D eigenvalue weighted by atomic mass is 16.5. The Kier molecular flexibility index (Phi) is 3.85. The van der Waals surface area contributed by atoms with Crippen molar-refractivity contribution in [2.24, 2.45) is 11.7 Å². The van der Waals surface area contributed by atoms with Crippen LogP contribution in [0.25, 0.3) is 0 Å². The zero-order chi connectivity index (χ0) is 12.4. The SMILES string of the molecule is Cc1cc(C)cc(CC(N)C2COC(C)C2)c1. The summed E-state index contributed by atoms with van der Waals surface area (Å²) in [4.78, 5) is 0. The number of ether oxygens (including phenoxy) is 1. The summed E-state index contributed by atoms with van der Waals surface area (Å²) in [7, 11) is 0. The standard InChI is InChI=1S/C15H23NO/c1-10-4-11(2)6-13(5-10)8-15(16)14-7-12(3)17-9-14/h4-6,12,14-15H,7-9,16H2,1-3H3. The first-order valence-electron chi connectivity index (χ1n) is 6.49. The second-order valence-electron chi connectivity index (χ2n) is 5.50. The molecule has 0 radical (unpaired) electrons. The number of hydrogen-bond acceptors (Lipinski definition) is 2. The first-order chi connectivity index (χ1) is 8.04. The molecule has 17 heavy (non-hydrogen) atoms. The molecular formula is C15H23NO. The topological polar surface area (TPSA) is 35.2 Å². The molecule has 1 aromatic rings. The van der Waals surface area contributed by atoms with Crippen LogP contribution in [-0.4, -0.2) is 18.8 Å². The Bertz CT molecular complexity index is 368. The largest absolute Gasteiger partial charge is 0.378 e. The minimum absolute atomic E-state index is 0.223. The quantitative estimate of drug-likeness (QED) is 0.871. The molecule has 0 saturated carbocycles. The van der Waals surface area contributed by atoms with Gasteiger partial charge in [-0.3, -0.25) is 0 Å². The van der Waals surface area contributed by atoms with Gasteiger partial charge in [-0.15, -0.1) is 0 Å². The smallest absolute Gasteiger partial charge is 0.0551 e. The fourth-order valence-electron chi connectivity index (χ4n) is 2.77. The zero-order valence-electron chi connectivity index (χ0n) is 11.1. The molecule has 1 heterocycles. The van der Waals surface area contributed by atoms with Gasteiger partial charge in [0.05, 0.1) is 12.7 Å². The third kappa shape index (κ3) is 3.30. The number of rotatable bonds is 3. The second kappa shape index (κ2) is 5.19. The minimum Gasteiger partial charge on any atom is -0.378 e. The summed E-state index contributed by atoms with van der Waals surface area (Å²) in [5.41, 5.74) is 10.3. The molecule has 2 rings (SSSR count). The Hall–Kier alpha value is -0.860. The van der Waals surface area contributed by atoms with E-state index in [9.17, 15) is 0 Å². The first-order valence-corrected chi connectivity index (χ1v) is 6.49. The van der Waals surface area contributed by atoms with Crippen LogP contribution in [0.3, 0.4) is 0 Å². The lowest BCUT2D eigenvalue weighted by molar-refractivity contribution is 0.118. The summed E-state index contributed by atoms with van der Waals surface area (Å²) < 4.78 is 5.59. The van der Waals surface area contributed by atoms with E-state index in [0.29, 0.717) is 12.0 Å². The van der Waals surface area contributed by atoms with E-state index in [-0.39, 0.29) is 6.04 Å². The monoisotopic (exact) mass is 233 g/mol. The Labute approximate surface area is 104 Å². The van der Waals surface area contributed by atoms with Gasteiger partial charge in [0.15, 0.2) is 0 Å². The van der Waals surface area contributed by atoms with E-state index in [1.165, 1.54) is 16.7 Å². The van der Waals surface area contributed by atoms with E-state index >= 15 is 0 Å². The van der Waals surface area contributed by atoms with Gasteiger partial charge < -0.3 is 10.5 Å². The van der Waals surface area contributed by atoms with Gasteiger partial charge in [-0.2, -0.15) is 0 Å². The number of nitrogens with two attached hydrogens (primary N) is 1. The lowest BCUT2D eigenvalue weighted by Crippen LogP contribution is -2.32. The fraction of sp³-hybridized carbons (Fsp3) is 0.600. The van der Waals surface area contributed by atoms with E-state index in [1.807, 2.05) is 0 Å². The van der Waals surface area contributed by atoms with Gasteiger partial charge in [-0.25, -0.2) is 0 Å². The molecule has 3 atom stereocenters. The molecule has 1 aliphatic rings.